The Kier molecular flexibility index (Phi) is 4.80. The van der Waals surface area contributed by atoms with Crippen LogP contribution in [0.3, 0.4) is 0 Å². The molecule has 1 heterocycles. The molecule has 21 heavy (non-hydrogen) atoms. The Morgan fingerprint density at radius 2 is 1.95 bits per heavy atom. The Balaban J connectivity index is 1.90. The first-order chi connectivity index (χ1) is 10.1. The van der Waals surface area contributed by atoms with Crippen LogP contribution in [0.4, 0.5) is 0 Å². The van der Waals surface area contributed by atoms with Crippen molar-refractivity contribution in [2.24, 2.45) is 0 Å². The van der Waals surface area contributed by atoms with Crippen LogP contribution in [0.2, 0.25) is 10.0 Å². The number of hydrogen-bond acceptors (Lipinski definition) is 2. The van der Waals surface area contributed by atoms with Crippen molar-refractivity contribution in [2.75, 3.05) is 19.6 Å². The van der Waals surface area contributed by atoms with E-state index in [0.717, 1.165) is 35.2 Å². The van der Waals surface area contributed by atoms with Crippen LogP contribution in [0.15, 0.2) is 18.2 Å². The second-order valence-corrected chi connectivity index (χ2v) is 7.34. The molecule has 2 nitrogen and oxygen atoms in total. The van der Waals surface area contributed by atoms with E-state index in [-0.39, 0.29) is 0 Å². The van der Waals surface area contributed by atoms with E-state index in [1.807, 2.05) is 18.2 Å². The summed E-state index contributed by atoms with van der Waals surface area (Å²) in [6, 6.07) is 6.14. The molecule has 1 saturated heterocycles. The summed E-state index contributed by atoms with van der Waals surface area (Å²) in [4.78, 5) is 2.68. The number of benzene rings is 1. The van der Waals surface area contributed by atoms with Crippen LogP contribution in [-0.2, 0) is 0 Å². The van der Waals surface area contributed by atoms with Gasteiger partial charge in [-0.25, -0.2) is 0 Å². The number of nitrogens with one attached hydrogen (secondary N) is 1. The highest BCUT2D eigenvalue weighted by molar-refractivity contribution is 6.33. The van der Waals surface area contributed by atoms with Crippen molar-refractivity contribution in [2.45, 2.75) is 50.6 Å². The summed E-state index contributed by atoms with van der Waals surface area (Å²) in [5, 5.41) is 5.21. The lowest BCUT2D eigenvalue weighted by Gasteiger charge is -2.52. The van der Waals surface area contributed by atoms with E-state index in [2.05, 4.69) is 17.1 Å². The minimum Gasteiger partial charge on any atom is -0.314 e. The second kappa shape index (κ2) is 6.45. The minimum absolute atomic E-state index is 0.307. The molecule has 1 aliphatic carbocycles. The standard InChI is InChI=1S/C17H24Cl2N2/c1-13(15-11-14(18)5-6-16(15)19)21-10-9-20-12-17(21)7-3-2-4-8-17/h5-6,11,13,20H,2-4,7-10,12H2,1H3. The number of piperazine rings is 1. The average molecular weight is 327 g/mol. The Hall–Kier alpha value is -0.280. The van der Waals surface area contributed by atoms with Gasteiger partial charge in [-0.1, -0.05) is 42.5 Å². The highest BCUT2D eigenvalue weighted by Gasteiger charge is 2.42. The molecule has 1 spiro atoms. The average Bonchev–Trinajstić information content (AvgIpc) is 2.50. The SMILES string of the molecule is CC(c1cc(Cl)ccc1Cl)N1CCNCC12CCCCC2. The van der Waals surface area contributed by atoms with Gasteiger partial charge in [0.15, 0.2) is 0 Å². The Morgan fingerprint density at radius 3 is 2.71 bits per heavy atom. The van der Waals surface area contributed by atoms with Crippen molar-refractivity contribution in [3.63, 3.8) is 0 Å². The lowest BCUT2D eigenvalue weighted by molar-refractivity contribution is -0.00275. The molecule has 0 aromatic heterocycles. The van der Waals surface area contributed by atoms with E-state index in [0.29, 0.717) is 11.6 Å². The predicted molar refractivity (Wildman–Crippen MR) is 90.3 cm³/mol. The van der Waals surface area contributed by atoms with Crippen LogP contribution >= 0.6 is 23.2 Å². The third-order valence-electron chi connectivity index (χ3n) is 5.25. The monoisotopic (exact) mass is 326 g/mol. The van der Waals surface area contributed by atoms with E-state index in [1.54, 1.807) is 0 Å². The first kappa shape index (κ1) is 15.6. The molecular weight excluding hydrogens is 303 g/mol. The van der Waals surface area contributed by atoms with Crippen LogP contribution < -0.4 is 5.32 Å². The lowest BCUT2D eigenvalue weighted by atomic mass is 9.78. The lowest BCUT2D eigenvalue weighted by Crippen LogP contribution is -2.62. The summed E-state index contributed by atoms with van der Waals surface area (Å²) in [5.74, 6) is 0. The number of rotatable bonds is 2. The van der Waals surface area contributed by atoms with Gasteiger partial charge in [0.2, 0.25) is 0 Å². The molecule has 1 atom stereocenters. The van der Waals surface area contributed by atoms with Crippen LogP contribution in [0.1, 0.15) is 50.6 Å². The van der Waals surface area contributed by atoms with Gasteiger partial charge < -0.3 is 5.32 Å². The maximum absolute atomic E-state index is 6.44. The van der Waals surface area contributed by atoms with Gasteiger partial charge in [-0.05, 0) is 43.5 Å². The summed E-state index contributed by atoms with van der Waals surface area (Å²) in [5.41, 5.74) is 1.47. The molecule has 0 amide bonds. The zero-order chi connectivity index (χ0) is 14.9. The van der Waals surface area contributed by atoms with Crippen molar-refractivity contribution >= 4 is 23.2 Å². The van der Waals surface area contributed by atoms with Gasteiger partial charge in [0.1, 0.15) is 0 Å². The molecule has 4 heteroatoms. The van der Waals surface area contributed by atoms with E-state index >= 15 is 0 Å². The van der Waals surface area contributed by atoms with Gasteiger partial charge >= 0.3 is 0 Å². The topological polar surface area (TPSA) is 15.3 Å². The molecule has 1 saturated carbocycles. The molecule has 1 aromatic rings. The van der Waals surface area contributed by atoms with Gasteiger partial charge in [-0.2, -0.15) is 0 Å². The van der Waals surface area contributed by atoms with Crippen molar-refractivity contribution < 1.29 is 0 Å². The summed E-state index contributed by atoms with van der Waals surface area (Å²) in [7, 11) is 0. The molecule has 1 N–H and O–H groups in total. The third-order valence-corrected chi connectivity index (χ3v) is 5.83. The summed E-state index contributed by atoms with van der Waals surface area (Å²) < 4.78 is 0. The molecule has 1 aromatic carbocycles. The van der Waals surface area contributed by atoms with Crippen LogP contribution in [0.25, 0.3) is 0 Å². The first-order valence-corrected chi connectivity index (χ1v) is 8.80. The molecule has 3 rings (SSSR count). The van der Waals surface area contributed by atoms with Gasteiger partial charge in [-0.3, -0.25) is 4.90 Å². The second-order valence-electron chi connectivity index (χ2n) is 6.50. The Morgan fingerprint density at radius 1 is 1.19 bits per heavy atom. The van der Waals surface area contributed by atoms with Crippen LogP contribution in [0, 0.1) is 0 Å². The van der Waals surface area contributed by atoms with Gasteiger partial charge in [0.05, 0.1) is 0 Å². The quantitative estimate of drug-likeness (QED) is 0.850. The maximum atomic E-state index is 6.44. The third kappa shape index (κ3) is 3.10. The molecule has 1 unspecified atom stereocenters. The van der Waals surface area contributed by atoms with E-state index in [1.165, 1.54) is 32.1 Å². The van der Waals surface area contributed by atoms with E-state index < -0.39 is 0 Å². The molecule has 1 aliphatic heterocycles. The van der Waals surface area contributed by atoms with E-state index in [4.69, 9.17) is 23.2 Å². The van der Waals surface area contributed by atoms with Crippen molar-refractivity contribution in [3.8, 4) is 0 Å². The normalized spacial score (nSPS) is 24.1. The maximum Gasteiger partial charge on any atom is 0.0454 e. The fourth-order valence-electron chi connectivity index (χ4n) is 4.14. The predicted octanol–water partition coefficient (Wildman–Crippen LogP) is 4.66. The molecular formula is C17H24Cl2N2. The largest absolute Gasteiger partial charge is 0.314 e. The number of hydrogen-bond donors (Lipinski definition) is 1. The first-order valence-electron chi connectivity index (χ1n) is 8.05. The molecule has 116 valence electrons. The molecule has 0 radical (unpaired) electrons. The number of nitrogens with zero attached hydrogens (tertiary/aromatic N) is 1. The fourth-order valence-corrected chi connectivity index (χ4v) is 4.60. The Labute approximate surface area is 137 Å². The highest BCUT2D eigenvalue weighted by atomic mass is 35.5. The highest BCUT2D eigenvalue weighted by Crippen LogP contribution is 2.41. The van der Waals surface area contributed by atoms with Crippen LogP contribution in [-0.4, -0.2) is 30.1 Å². The summed E-state index contributed by atoms with van der Waals surface area (Å²) in [6.45, 7) is 5.53. The van der Waals surface area contributed by atoms with Crippen LogP contribution in [0.5, 0.6) is 0 Å². The van der Waals surface area contributed by atoms with Gasteiger partial charge in [0.25, 0.3) is 0 Å². The minimum atomic E-state index is 0.307. The molecule has 2 aliphatic rings. The summed E-state index contributed by atoms with van der Waals surface area (Å²) in [6.07, 6.45) is 6.65. The van der Waals surface area contributed by atoms with Gasteiger partial charge in [-0.15, -0.1) is 0 Å². The number of halogens is 2. The van der Waals surface area contributed by atoms with E-state index in [9.17, 15) is 0 Å². The van der Waals surface area contributed by atoms with Crippen molar-refractivity contribution in [3.05, 3.63) is 33.8 Å². The Bertz CT molecular complexity index is 489. The smallest absolute Gasteiger partial charge is 0.0454 e. The van der Waals surface area contributed by atoms with Crippen molar-refractivity contribution in [1.82, 2.24) is 10.2 Å². The molecule has 2 fully saturated rings. The van der Waals surface area contributed by atoms with Crippen molar-refractivity contribution in [1.29, 1.82) is 0 Å². The summed E-state index contributed by atoms with van der Waals surface area (Å²) >= 11 is 12.6. The zero-order valence-electron chi connectivity index (χ0n) is 12.7. The zero-order valence-corrected chi connectivity index (χ0v) is 14.2. The molecule has 0 bridgehead atoms. The van der Waals surface area contributed by atoms with Gasteiger partial charge in [0, 0.05) is 41.3 Å². The fraction of sp³-hybridized carbons (Fsp3) is 0.647.